The summed E-state index contributed by atoms with van der Waals surface area (Å²) in [6, 6.07) is 0. The van der Waals surface area contributed by atoms with Gasteiger partial charge in [0.1, 0.15) is 17.7 Å². The van der Waals surface area contributed by atoms with E-state index in [0.29, 0.717) is 12.4 Å². The third-order valence-electron chi connectivity index (χ3n) is 5.28. The average Bonchev–Trinajstić information content (AvgIpc) is 3.07. The number of anilines is 3. The van der Waals surface area contributed by atoms with Gasteiger partial charge in [-0.3, -0.25) is 4.98 Å². The van der Waals surface area contributed by atoms with Gasteiger partial charge in [0, 0.05) is 17.8 Å². The Hall–Kier alpha value is -2.61. The second-order valence-electron chi connectivity index (χ2n) is 7.54. The first-order valence-electron chi connectivity index (χ1n) is 10.6. The highest BCUT2D eigenvalue weighted by atomic mass is 32.1. The number of nitrogens with zero attached hydrogens (tertiary/aromatic N) is 4. The molecule has 1 unspecified atom stereocenters. The Morgan fingerprint density at radius 1 is 1.27 bits per heavy atom. The Bertz CT molecular complexity index is 920. The van der Waals surface area contributed by atoms with Gasteiger partial charge in [0.2, 0.25) is 0 Å². The minimum atomic E-state index is 0.106. The lowest BCUT2D eigenvalue weighted by Gasteiger charge is -2.34. The summed E-state index contributed by atoms with van der Waals surface area (Å²) >= 11 is 1.63. The van der Waals surface area contributed by atoms with Gasteiger partial charge in [-0.05, 0) is 46.1 Å². The van der Waals surface area contributed by atoms with Crippen molar-refractivity contribution in [3.63, 3.8) is 0 Å². The molecule has 30 heavy (non-hydrogen) atoms. The van der Waals surface area contributed by atoms with E-state index < -0.39 is 0 Å². The van der Waals surface area contributed by atoms with Crippen molar-refractivity contribution in [1.29, 1.82) is 0 Å². The summed E-state index contributed by atoms with van der Waals surface area (Å²) in [4.78, 5) is 17.1. The Kier molecular flexibility index (Phi) is 6.52. The maximum Gasteiger partial charge on any atom is 0.188 e. The lowest BCUT2D eigenvalue weighted by Crippen LogP contribution is -2.40. The summed E-state index contributed by atoms with van der Waals surface area (Å²) in [5.41, 5.74) is 1.04. The number of aryl methyl sites for hydroxylation is 2. The van der Waals surface area contributed by atoms with Gasteiger partial charge in [0.25, 0.3) is 0 Å². The number of hydrogen-bond acceptors (Lipinski definition) is 8. The Morgan fingerprint density at radius 3 is 2.97 bits per heavy atom. The monoisotopic (exact) mass is 427 g/mol. The van der Waals surface area contributed by atoms with Crippen LogP contribution in [0.2, 0.25) is 0 Å². The third kappa shape index (κ3) is 4.92. The number of ether oxygens (including phenoxy) is 2. The van der Waals surface area contributed by atoms with Crippen molar-refractivity contribution in [2.45, 2.75) is 52.6 Å². The van der Waals surface area contributed by atoms with Gasteiger partial charge < -0.3 is 19.7 Å². The summed E-state index contributed by atoms with van der Waals surface area (Å²) in [7, 11) is 0. The summed E-state index contributed by atoms with van der Waals surface area (Å²) in [5, 5.41) is 4.13. The molecule has 2 aromatic heterocycles. The summed E-state index contributed by atoms with van der Waals surface area (Å²) < 4.78 is 12.1. The van der Waals surface area contributed by atoms with Crippen LogP contribution in [-0.4, -0.2) is 40.8 Å². The zero-order valence-electron chi connectivity index (χ0n) is 17.9. The van der Waals surface area contributed by atoms with Crippen LogP contribution in [0.25, 0.3) is 0 Å². The summed E-state index contributed by atoms with van der Waals surface area (Å²) in [6.07, 6.45) is 11.9. The van der Waals surface area contributed by atoms with Crippen molar-refractivity contribution in [3.05, 3.63) is 46.6 Å². The van der Waals surface area contributed by atoms with E-state index in [4.69, 9.17) is 14.5 Å². The van der Waals surface area contributed by atoms with Crippen molar-refractivity contribution in [2.75, 3.05) is 29.9 Å². The number of thiazole rings is 1. The minimum Gasteiger partial charge on any atom is -0.494 e. The van der Waals surface area contributed by atoms with Crippen LogP contribution in [0.1, 0.15) is 43.2 Å². The van der Waals surface area contributed by atoms with Crippen molar-refractivity contribution in [2.24, 2.45) is 0 Å². The van der Waals surface area contributed by atoms with E-state index in [1.54, 1.807) is 17.5 Å². The van der Waals surface area contributed by atoms with Crippen LogP contribution >= 0.6 is 11.3 Å². The molecule has 160 valence electrons. The second kappa shape index (κ2) is 9.47. The number of hydrogen-bond donors (Lipinski definition) is 1. The maximum absolute atomic E-state index is 6.34. The van der Waals surface area contributed by atoms with Crippen LogP contribution in [-0.2, 0) is 9.47 Å². The van der Waals surface area contributed by atoms with E-state index in [-0.39, 0.29) is 6.10 Å². The van der Waals surface area contributed by atoms with Crippen molar-refractivity contribution >= 4 is 28.1 Å². The molecule has 0 aromatic carbocycles. The van der Waals surface area contributed by atoms with Gasteiger partial charge in [-0.15, -0.1) is 11.3 Å². The SMILES string of the molecule is CCOC1=C(OC2CCCN(c3cncc(Nc4nc(C)c(C)s4)n3)C2)C=CCC1. The maximum atomic E-state index is 6.34. The molecule has 0 spiro atoms. The molecule has 0 saturated carbocycles. The molecule has 1 N–H and O–H groups in total. The van der Waals surface area contributed by atoms with E-state index in [2.05, 4.69) is 39.3 Å². The van der Waals surface area contributed by atoms with Gasteiger partial charge >= 0.3 is 0 Å². The molecule has 3 heterocycles. The third-order valence-corrected chi connectivity index (χ3v) is 6.27. The predicted molar refractivity (Wildman–Crippen MR) is 120 cm³/mol. The molecular formula is C22H29N5O2S. The Labute approximate surface area is 181 Å². The van der Waals surface area contributed by atoms with Crippen molar-refractivity contribution in [3.8, 4) is 0 Å². The van der Waals surface area contributed by atoms with Crippen LogP contribution in [0.3, 0.4) is 0 Å². The molecular weight excluding hydrogens is 398 g/mol. The van der Waals surface area contributed by atoms with Crippen LogP contribution in [0.4, 0.5) is 16.8 Å². The first kappa shape index (κ1) is 20.7. The lowest BCUT2D eigenvalue weighted by atomic mass is 10.1. The molecule has 1 aliphatic heterocycles. The molecule has 2 aromatic rings. The van der Waals surface area contributed by atoms with Crippen LogP contribution in [0.5, 0.6) is 0 Å². The minimum absolute atomic E-state index is 0.106. The largest absolute Gasteiger partial charge is 0.494 e. The zero-order chi connectivity index (χ0) is 20.9. The number of piperidine rings is 1. The molecule has 1 aliphatic carbocycles. The van der Waals surface area contributed by atoms with Gasteiger partial charge in [0.15, 0.2) is 16.7 Å². The van der Waals surface area contributed by atoms with Crippen LogP contribution in [0.15, 0.2) is 36.1 Å². The number of aromatic nitrogens is 3. The molecule has 7 nitrogen and oxygen atoms in total. The quantitative estimate of drug-likeness (QED) is 0.675. The van der Waals surface area contributed by atoms with Gasteiger partial charge in [-0.2, -0.15) is 0 Å². The average molecular weight is 428 g/mol. The highest BCUT2D eigenvalue weighted by Crippen LogP contribution is 2.28. The standard InChI is InChI=1S/C22H29N5O2S/c1-4-28-18-9-5-6-10-19(18)29-17-8-7-11-27(14-17)21-13-23-12-20(25-21)26-22-24-15(2)16(3)30-22/h6,10,12-13,17H,4-5,7-9,11,14H2,1-3H3,(H,24,25,26). The normalized spacial score (nSPS) is 19.2. The zero-order valence-corrected chi connectivity index (χ0v) is 18.7. The number of nitrogens with one attached hydrogen (secondary N) is 1. The number of allylic oxidation sites excluding steroid dienone is 3. The fourth-order valence-corrected chi connectivity index (χ4v) is 4.49. The van der Waals surface area contributed by atoms with Crippen molar-refractivity contribution < 1.29 is 9.47 Å². The molecule has 8 heteroatoms. The van der Waals surface area contributed by atoms with Gasteiger partial charge in [-0.25, -0.2) is 9.97 Å². The number of rotatable bonds is 7. The Balaban J connectivity index is 1.43. The fraction of sp³-hybridized carbons (Fsp3) is 0.500. The molecule has 0 bridgehead atoms. The molecule has 4 rings (SSSR count). The van der Waals surface area contributed by atoms with Gasteiger partial charge in [0.05, 0.1) is 31.2 Å². The first-order valence-corrected chi connectivity index (χ1v) is 11.4. The Morgan fingerprint density at radius 2 is 2.17 bits per heavy atom. The highest BCUT2D eigenvalue weighted by molar-refractivity contribution is 7.15. The van der Waals surface area contributed by atoms with Gasteiger partial charge in [-0.1, -0.05) is 6.08 Å². The molecule has 1 fully saturated rings. The fourth-order valence-electron chi connectivity index (χ4n) is 3.67. The topological polar surface area (TPSA) is 72.4 Å². The molecule has 2 aliphatic rings. The van der Waals surface area contributed by atoms with Crippen LogP contribution in [0, 0.1) is 13.8 Å². The highest BCUT2D eigenvalue weighted by Gasteiger charge is 2.25. The smallest absolute Gasteiger partial charge is 0.188 e. The van der Waals surface area contributed by atoms with E-state index >= 15 is 0 Å². The lowest BCUT2D eigenvalue weighted by molar-refractivity contribution is 0.0877. The molecule has 1 saturated heterocycles. The van der Waals surface area contributed by atoms with E-state index in [1.807, 2.05) is 20.0 Å². The predicted octanol–water partition coefficient (Wildman–Crippen LogP) is 4.88. The first-order chi connectivity index (χ1) is 14.6. The molecule has 1 atom stereocenters. The summed E-state index contributed by atoms with van der Waals surface area (Å²) in [5.74, 6) is 3.42. The second-order valence-corrected chi connectivity index (χ2v) is 8.74. The van der Waals surface area contributed by atoms with E-state index in [9.17, 15) is 0 Å². The van der Waals surface area contributed by atoms with Crippen LogP contribution < -0.4 is 10.2 Å². The van der Waals surface area contributed by atoms with Crippen molar-refractivity contribution in [1.82, 2.24) is 15.0 Å². The molecule has 0 radical (unpaired) electrons. The molecule has 0 amide bonds. The summed E-state index contributed by atoms with van der Waals surface area (Å²) in [6.45, 7) is 8.49. The van der Waals surface area contributed by atoms with E-state index in [1.165, 1.54) is 4.88 Å². The van der Waals surface area contributed by atoms with E-state index in [0.717, 1.165) is 66.9 Å².